The van der Waals surface area contributed by atoms with Crippen LogP contribution >= 0.6 is 11.6 Å². The molecule has 1 fully saturated rings. The van der Waals surface area contributed by atoms with Gasteiger partial charge in [-0.15, -0.1) is 0 Å². The topological polar surface area (TPSA) is 109 Å². The van der Waals surface area contributed by atoms with Crippen molar-refractivity contribution in [2.24, 2.45) is 0 Å². The number of aromatic amines is 1. The fourth-order valence-corrected chi connectivity index (χ4v) is 5.10. The molecule has 10 nitrogen and oxygen atoms in total. The summed E-state index contributed by atoms with van der Waals surface area (Å²) in [4.78, 5) is 37.8. The third-order valence-electron chi connectivity index (χ3n) is 6.95. The first kappa shape index (κ1) is 27.8. The number of ether oxygens (including phenoxy) is 2. The van der Waals surface area contributed by atoms with Crippen LogP contribution in [0.3, 0.4) is 0 Å². The maximum absolute atomic E-state index is 12.4. The summed E-state index contributed by atoms with van der Waals surface area (Å²) in [6.07, 6.45) is 3.59. The summed E-state index contributed by atoms with van der Waals surface area (Å²) in [5, 5.41) is 0.267. The van der Waals surface area contributed by atoms with Crippen LogP contribution in [-0.4, -0.2) is 79.7 Å². The number of pyridine rings is 1. The van der Waals surface area contributed by atoms with Crippen molar-refractivity contribution < 1.29 is 14.3 Å². The van der Waals surface area contributed by atoms with Crippen molar-refractivity contribution in [1.29, 1.82) is 0 Å². The van der Waals surface area contributed by atoms with Crippen LogP contribution in [0.25, 0.3) is 22.3 Å². The average Bonchev–Trinajstić information content (AvgIpc) is 3.33. The van der Waals surface area contributed by atoms with Gasteiger partial charge in [-0.3, -0.25) is 9.88 Å². The van der Waals surface area contributed by atoms with Crippen LogP contribution < -0.4 is 4.74 Å². The Morgan fingerprint density at radius 2 is 1.88 bits per heavy atom. The standard InChI is InChI=1S/C29H34ClN7O3/c1-18(36-10-12-37(13-11-36)28(38)40-29(2,3)4)19-8-9-31-21(14-19)16-24-34-22-7-6-20(15-23(22)35-24)25-26(39-5)27(30)33-17-32-25/h6-9,14-15,17-18H,10-13,16H2,1-5H3,(H,34,35). The van der Waals surface area contributed by atoms with E-state index in [0.29, 0.717) is 31.0 Å². The first-order chi connectivity index (χ1) is 19.1. The quantitative estimate of drug-likeness (QED) is 0.315. The lowest BCUT2D eigenvalue weighted by Crippen LogP contribution is -2.50. The maximum Gasteiger partial charge on any atom is 0.410 e. The van der Waals surface area contributed by atoms with E-state index >= 15 is 0 Å². The van der Waals surface area contributed by atoms with Crippen LogP contribution in [0.2, 0.25) is 5.15 Å². The van der Waals surface area contributed by atoms with Gasteiger partial charge in [0.2, 0.25) is 0 Å². The number of hydrogen-bond donors (Lipinski definition) is 1. The number of H-pyrrole nitrogens is 1. The Hall–Kier alpha value is -3.76. The molecule has 1 amide bonds. The van der Waals surface area contributed by atoms with Crippen molar-refractivity contribution in [3.8, 4) is 17.0 Å². The molecule has 1 aliphatic rings. The van der Waals surface area contributed by atoms with Crippen LogP contribution in [0.4, 0.5) is 4.79 Å². The molecule has 0 spiro atoms. The number of carbonyl (C=O) groups excluding carboxylic acids is 1. The third kappa shape index (κ3) is 6.18. The van der Waals surface area contributed by atoms with Crippen molar-refractivity contribution in [3.63, 3.8) is 0 Å². The Kier molecular flexibility index (Phi) is 7.91. The number of piperazine rings is 1. The van der Waals surface area contributed by atoms with E-state index in [9.17, 15) is 4.79 Å². The Bertz CT molecular complexity index is 1510. The van der Waals surface area contributed by atoms with Gasteiger partial charge in [-0.2, -0.15) is 0 Å². The van der Waals surface area contributed by atoms with E-state index in [1.807, 2.05) is 45.2 Å². The number of benzene rings is 1. The van der Waals surface area contributed by atoms with Crippen LogP contribution in [0.15, 0.2) is 42.9 Å². The molecule has 0 bridgehead atoms. The molecule has 1 unspecified atom stereocenters. The molecule has 5 rings (SSSR count). The predicted octanol–water partition coefficient (Wildman–Crippen LogP) is 5.28. The van der Waals surface area contributed by atoms with Crippen molar-refractivity contribution in [2.75, 3.05) is 33.3 Å². The molecule has 0 aliphatic carbocycles. The molecule has 1 atom stereocenters. The molecule has 4 heterocycles. The lowest BCUT2D eigenvalue weighted by molar-refractivity contribution is 0.0110. The first-order valence-corrected chi connectivity index (χ1v) is 13.7. The van der Waals surface area contributed by atoms with Crippen LogP contribution in [-0.2, 0) is 11.2 Å². The molecule has 4 aromatic rings. The molecule has 210 valence electrons. The summed E-state index contributed by atoms with van der Waals surface area (Å²) in [7, 11) is 1.55. The molecule has 11 heteroatoms. The Morgan fingerprint density at radius 1 is 1.10 bits per heavy atom. The second-order valence-corrected chi connectivity index (χ2v) is 11.3. The van der Waals surface area contributed by atoms with Gasteiger partial charge in [0.25, 0.3) is 0 Å². The number of methoxy groups -OCH3 is 1. The second kappa shape index (κ2) is 11.4. The van der Waals surface area contributed by atoms with Gasteiger partial charge in [0.15, 0.2) is 10.9 Å². The Labute approximate surface area is 238 Å². The minimum absolute atomic E-state index is 0.190. The number of amides is 1. The Morgan fingerprint density at radius 3 is 2.60 bits per heavy atom. The van der Waals surface area contributed by atoms with E-state index in [4.69, 9.17) is 26.1 Å². The van der Waals surface area contributed by atoms with Gasteiger partial charge in [0.1, 0.15) is 23.4 Å². The molecule has 0 saturated carbocycles. The highest BCUT2D eigenvalue weighted by atomic mass is 35.5. The molecule has 1 saturated heterocycles. The summed E-state index contributed by atoms with van der Waals surface area (Å²) in [5.74, 6) is 1.26. The van der Waals surface area contributed by atoms with Gasteiger partial charge in [-0.1, -0.05) is 17.7 Å². The smallest absolute Gasteiger partial charge is 0.410 e. The number of hydrogen-bond acceptors (Lipinski definition) is 8. The number of halogens is 1. The van der Waals surface area contributed by atoms with E-state index in [0.717, 1.165) is 41.2 Å². The van der Waals surface area contributed by atoms with Crippen LogP contribution in [0, 0.1) is 0 Å². The molecule has 1 aliphatic heterocycles. The number of rotatable bonds is 6. The Balaban J connectivity index is 1.26. The van der Waals surface area contributed by atoms with Crippen molar-refractivity contribution in [3.05, 3.63) is 65.1 Å². The van der Waals surface area contributed by atoms with Gasteiger partial charge < -0.3 is 19.4 Å². The number of nitrogens with one attached hydrogen (secondary N) is 1. The molecular weight excluding hydrogens is 530 g/mol. The molecule has 0 radical (unpaired) electrons. The predicted molar refractivity (Wildman–Crippen MR) is 154 cm³/mol. The highest BCUT2D eigenvalue weighted by Crippen LogP contribution is 2.33. The molecule has 1 aromatic carbocycles. The fraction of sp³-hybridized carbons (Fsp3) is 0.414. The van der Waals surface area contributed by atoms with Crippen molar-refractivity contribution >= 4 is 28.7 Å². The minimum Gasteiger partial charge on any atom is -0.491 e. The third-order valence-corrected chi connectivity index (χ3v) is 7.22. The summed E-state index contributed by atoms with van der Waals surface area (Å²) >= 11 is 6.19. The van der Waals surface area contributed by atoms with Gasteiger partial charge in [0, 0.05) is 56.1 Å². The highest BCUT2D eigenvalue weighted by Gasteiger charge is 2.28. The van der Waals surface area contributed by atoms with Gasteiger partial charge >= 0.3 is 6.09 Å². The number of carbonyl (C=O) groups is 1. The summed E-state index contributed by atoms with van der Waals surface area (Å²) in [6.45, 7) is 10.7. The lowest BCUT2D eigenvalue weighted by Gasteiger charge is -2.38. The van der Waals surface area contributed by atoms with E-state index < -0.39 is 5.60 Å². The number of imidazole rings is 1. The van der Waals surface area contributed by atoms with Gasteiger partial charge in [-0.25, -0.2) is 19.7 Å². The van der Waals surface area contributed by atoms with Crippen LogP contribution in [0.5, 0.6) is 5.75 Å². The molecular formula is C29H34ClN7O3. The summed E-state index contributed by atoms with van der Waals surface area (Å²) in [5.41, 5.74) is 4.83. The van der Waals surface area contributed by atoms with E-state index in [-0.39, 0.29) is 17.3 Å². The molecule has 1 N–H and O–H groups in total. The lowest BCUT2D eigenvalue weighted by atomic mass is 10.1. The van der Waals surface area contributed by atoms with Crippen molar-refractivity contribution in [2.45, 2.75) is 45.8 Å². The molecule has 3 aromatic heterocycles. The van der Waals surface area contributed by atoms with Gasteiger partial charge in [-0.05, 0) is 57.5 Å². The number of fused-ring (bicyclic) bond motifs is 1. The SMILES string of the molecule is COc1c(Cl)ncnc1-c1ccc2nc(Cc3cc(C(C)N4CCN(C(=O)OC(C)(C)C)CC4)ccn3)[nH]c2c1. The zero-order valence-electron chi connectivity index (χ0n) is 23.4. The van der Waals surface area contributed by atoms with E-state index in [1.165, 1.54) is 11.9 Å². The molecule has 40 heavy (non-hydrogen) atoms. The first-order valence-electron chi connectivity index (χ1n) is 13.3. The van der Waals surface area contributed by atoms with Crippen LogP contribution in [0.1, 0.15) is 50.8 Å². The number of nitrogens with zero attached hydrogens (tertiary/aromatic N) is 6. The normalized spacial score (nSPS) is 15.3. The average molecular weight is 564 g/mol. The zero-order chi connectivity index (χ0) is 28.4. The van der Waals surface area contributed by atoms with E-state index in [1.54, 1.807) is 12.0 Å². The van der Waals surface area contributed by atoms with E-state index in [2.05, 4.69) is 43.9 Å². The second-order valence-electron chi connectivity index (χ2n) is 10.9. The highest BCUT2D eigenvalue weighted by molar-refractivity contribution is 6.31. The number of aromatic nitrogens is 5. The fourth-order valence-electron chi connectivity index (χ4n) is 4.89. The summed E-state index contributed by atoms with van der Waals surface area (Å²) < 4.78 is 10.9. The van der Waals surface area contributed by atoms with Crippen molar-refractivity contribution in [1.82, 2.24) is 34.7 Å². The summed E-state index contributed by atoms with van der Waals surface area (Å²) in [6, 6.07) is 10.3. The monoisotopic (exact) mass is 563 g/mol. The maximum atomic E-state index is 12.4. The minimum atomic E-state index is -0.490. The largest absolute Gasteiger partial charge is 0.491 e. The van der Waals surface area contributed by atoms with Gasteiger partial charge in [0.05, 0.1) is 18.1 Å². The zero-order valence-corrected chi connectivity index (χ0v) is 24.2.